The van der Waals surface area contributed by atoms with Crippen LogP contribution in [0.25, 0.3) is 0 Å². The normalized spacial score (nSPS) is 29.9. The van der Waals surface area contributed by atoms with Crippen LogP contribution in [0.3, 0.4) is 0 Å². The highest BCUT2D eigenvalue weighted by Gasteiger charge is 2.44. The Labute approximate surface area is 99.1 Å². The third-order valence-corrected chi connectivity index (χ3v) is 3.43. The van der Waals surface area contributed by atoms with Gasteiger partial charge in [-0.25, -0.2) is 0 Å². The van der Waals surface area contributed by atoms with E-state index in [-0.39, 0.29) is 12.9 Å². The van der Waals surface area contributed by atoms with E-state index in [4.69, 9.17) is 19.9 Å². The van der Waals surface area contributed by atoms with Crippen molar-refractivity contribution < 1.29 is 19.3 Å². The van der Waals surface area contributed by atoms with Crippen molar-refractivity contribution in [3.05, 3.63) is 17.7 Å². The van der Waals surface area contributed by atoms with Crippen LogP contribution in [-0.2, 0) is 5.54 Å². The zero-order valence-corrected chi connectivity index (χ0v) is 9.60. The molecule has 1 aromatic rings. The molecule has 17 heavy (non-hydrogen) atoms. The summed E-state index contributed by atoms with van der Waals surface area (Å²) >= 11 is 0. The monoisotopic (exact) mass is 237 g/mol. The summed E-state index contributed by atoms with van der Waals surface area (Å²) in [6.07, 6.45) is 0.765. The molecule has 0 aromatic heterocycles. The zero-order valence-electron chi connectivity index (χ0n) is 9.60. The Morgan fingerprint density at radius 2 is 2.00 bits per heavy atom. The second kappa shape index (κ2) is 3.51. The minimum absolute atomic E-state index is 0.224. The van der Waals surface area contributed by atoms with Crippen LogP contribution in [0.2, 0.25) is 0 Å². The lowest BCUT2D eigenvalue weighted by atomic mass is 9.70. The minimum Gasteiger partial charge on any atom is -0.496 e. The van der Waals surface area contributed by atoms with Crippen molar-refractivity contribution in [1.82, 2.24) is 0 Å². The van der Waals surface area contributed by atoms with Crippen LogP contribution in [0, 0.1) is 0 Å². The first kappa shape index (κ1) is 10.7. The molecule has 3 rings (SSSR count). The molecule has 1 aliphatic heterocycles. The summed E-state index contributed by atoms with van der Waals surface area (Å²) in [5, 5.41) is 9.43. The molecule has 0 unspecified atom stereocenters. The van der Waals surface area contributed by atoms with Crippen molar-refractivity contribution in [2.75, 3.05) is 13.9 Å². The van der Waals surface area contributed by atoms with Gasteiger partial charge in [-0.1, -0.05) is 0 Å². The fourth-order valence-corrected chi connectivity index (χ4v) is 2.48. The average Bonchev–Trinajstić information content (AvgIpc) is 2.72. The summed E-state index contributed by atoms with van der Waals surface area (Å²) in [5.74, 6) is 2.05. The molecular formula is C12H15NO4. The van der Waals surface area contributed by atoms with Crippen LogP contribution in [0.5, 0.6) is 17.2 Å². The third-order valence-electron chi connectivity index (χ3n) is 3.43. The van der Waals surface area contributed by atoms with Crippen molar-refractivity contribution in [1.29, 1.82) is 0 Å². The molecule has 92 valence electrons. The van der Waals surface area contributed by atoms with E-state index in [0.29, 0.717) is 30.1 Å². The van der Waals surface area contributed by atoms with E-state index in [2.05, 4.69) is 0 Å². The molecular weight excluding hydrogens is 222 g/mol. The lowest BCUT2D eigenvalue weighted by molar-refractivity contribution is 0.0198. The Morgan fingerprint density at radius 1 is 1.35 bits per heavy atom. The van der Waals surface area contributed by atoms with E-state index < -0.39 is 5.54 Å². The predicted molar refractivity (Wildman–Crippen MR) is 60.2 cm³/mol. The lowest BCUT2D eigenvalue weighted by Gasteiger charge is -2.43. The summed E-state index contributed by atoms with van der Waals surface area (Å²) in [6, 6.07) is 3.64. The van der Waals surface area contributed by atoms with Gasteiger partial charge in [0.05, 0.1) is 13.2 Å². The molecule has 3 N–H and O–H groups in total. The van der Waals surface area contributed by atoms with Gasteiger partial charge in [0.25, 0.3) is 0 Å². The fraction of sp³-hybridized carbons (Fsp3) is 0.500. The Hall–Kier alpha value is -1.46. The van der Waals surface area contributed by atoms with Crippen LogP contribution in [0.1, 0.15) is 18.4 Å². The largest absolute Gasteiger partial charge is 0.496 e. The van der Waals surface area contributed by atoms with Crippen LogP contribution >= 0.6 is 0 Å². The van der Waals surface area contributed by atoms with Crippen molar-refractivity contribution >= 4 is 0 Å². The molecule has 1 fully saturated rings. The molecule has 1 aliphatic carbocycles. The van der Waals surface area contributed by atoms with E-state index in [1.807, 2.05) is 6.07 Å². The highest BCUT2D eigenvalue weighted by molar-refractivity contribution is 5.54. The molecule has 2 aliphatic rings. The van der Waals surface area contributed by atoms with E-state index in [9.17, 15) is 5.11 Å². The van der Waals surface area contributed by atoms with Crippen LogP contribution in [0.15, 0.2) is 12.1 Å². The summed E-state index contributed by atoms with van der Waals surface area (Å²) in [7, 11) is 1.60. The van der Waals surface area contributed by atoms with E-state index in [1.165, 1.54) is 0 Å². The van der Waals surface area contributed by atoms with Gasteiger partial charge in [0.1, 0.15) is 5.75 Å². The summed E-state index contributed by atoms with van der Waals surface area (Å²) < 4.78 is 16.0. The van der Waals surface area contributed by atoms with E-state index >= 15 is 0 Å². The zero-order chi connectivity index (χ0) is 12.0. The maximum atomic E-state index is 9.43. The average molecular weight is 237 g/mol. The summed E-state index contributed by atoms with van der Waals surface area (Å²) in [4.78, 5) is 0. The number of nitrogens with two attached hydrogens (primary N) is 1. The van der Waals surface area contributed by atoms with Gasteiger partial charge >= 0.3 is 0 Å². The number of benzene rings is 1. The molecule has 5 heteroatoms. The number of rotatable bonds is 2. The predicted octanol–water partition coefficient (Wildman–Crippen LogP) is 0.733. The quantitative estimate of drug-likeness (QED) is 0.793. The molecule has 0 saturated heterocycles. The molecule has 0 atom stereocenters. The van der Waals surface area contributed by atoms with Crippen molar-refractivity contribution in [2.45, 2.75) is 24.5 Å². The van der Waals surface area contributed by atoms with Crippen LogP contribution in [0.4, 0.5) is 0 Å². The summed E-state index contributed by atoms with van der Waals surface area (Å²) in [6.45, 7) is 0.224. The number of aliphatic hydroxyl groups is 1. The maximum Gasteiger partial charge on any atom is 0.231 e. The topological polar surface area (TPSA) is 73.9 Å². The van der Waals surface area contributed by atoms with Gasteiger partial charge in [-0.15, -0.1) is 0 Å². The second-order valence-electron chi connectivity index (χ2n) is 4.62. The highest BCUT2D eigenvalue weighted by atomic mass is 16.7. The lowest BCUT2D eigenvalue weighted by Crippen LogP contribution is -2.51. The van der Waals surface area contributed by atoms with Crippen molar-refractivity contribution in [2.24, 2.45) is 5.73 Å². The number of methoxy groups -OCH3 is 1. The Morgan fingerprint density at radius 3 is 2.59 bits per heavy atom. The van der Waals surface area contributed by atoms with Gasteiger partial charge in [0.15, 0.2) is 11.5 Å². The molecule has 0 bridgehead atoms. The van der Waals surface area contributed by atoms with Gasteiger partial charge in [0.2, 0.25) is 6.79 Å². The number of fused-ring (bicyclic) bond motifs is 1. The number of ether oxygens (including phenoxy) is 3. The van der Waals surface area contributed by atoms with Gasteiger partial charge in [-0.05, 0) is 18.9 Å². The Balaban J connectivity index is 2.04. The first-order chi connectivity index (χ1) is 8.12. The van der Waals surface area contributed by atoms with E-state index in [1.54, 1.807) is 13.2 Å². The number of hydrogen-bond acceptors (Lipinski definition) is 5. The maximum absolute atomic E-state index is 9.43. The van der Waals surface area contributed by atoms with Crippen LogP contribution in [-0.4, -0.2) is 25.1 Å². The molecule has 5 nitrogen and oxygen atoms in total. The van der Waals surface area contributed by atoms with E-state index in [0.717, 1.165) is 5.56 Å². The van der Waals surface area contributed by atoms with Gasteiger partial charge < -0.3 is 25.1 Å². The minimum atomic E-state index is -0.522. The fourth-order valence-electron chi connectivity index (χ4n) is 2.48. The Bertz CT molecular complexity index is 454. The molecule has 0 spiro atoms. The second-order valence-corrected chi connectivity index (χ2v) is 4.62. The van der Waals surface area contributed by atoms with Crippen LogP contribution < -0.4 is 19.9 Å². The van der Waals surface area contributed by atoms with Gasteiger partial charge in [-0.3, -0.25) is 0 Å². The molecule has 1 saturated carbocycles. The van der Waals surface area contributed by atoms with Gasteiger partial charge in [0, 0.05) is 17.2 Å². The van der Waals surface area contributed by atoms with Crippen molar-refractivity contribution in [3.63, 3.8) is 0 Å². The van der Waals surface area contributed by atoms with Gasteiger partial charge in [-0.2, -0.15) is 0 Å². The first-order valence-corrected chi connectivity index (χ1v) is 5.57. The third kappa shape index (κ3) is 1.54. The highest BCUT2D eigenvalue weighted by Crippen LogP contribution is 2.47. The standard InChI is InChI=1S/C12H15NO4/c1-15-9-3-11-10(16-6-17-11)2-8(9)12(13)4-7(14)5-12/h2-3,7,14H,4-6,13H2,1H3. The Kier molecular flexibility index (Phi) is 2.21. The molecule has 0 amide bonds. The smallest absolute Gasteiger partial charge is 0.231 e. The first-order valence-electron chi connectivity index (χ1n) is 5.57. The molecule has 1 aromatic carbocycles. The summed E-state index contributed by atoms with van der Waals surface area (Å²) in [5.41, 5.74) is 6.60. The molecule has 0 radical (unpaired) electrons. The number of hydrogen-bond donors (Lipinski definition) is 2. The number of aliphatic hydroxyl groups excluding tert-OH is 1. The molecule has 1 heterocycles. The van der Waals surface area contributed by atoms with Crippen molar-refractivity contribution in [3.8, 4) is 17.2 Å². The SMILES string of the molecule is COc1cc2c(cc1C1(N)CC(O)C1)OCO2.